The SMILES string of the molecule is CC[C@@H]1CN(Cc2nc(C(N)=O)no2)CCC(=O)N1Cc1ccccc1. The van der Waals surface area contributed by atoms with Crippen molar-refractivity contribution in [3.05, 3.63) is 47.6 Å². The zero-order valence-corrected chi connectivity index (χ0v) is 14.8. The third kappa shape index (κ3) is 4.26. The molecule has 2 aromatic rings. The number of primary amides is 1. The molecule has 0 bridgehead atoms. The molecule has 8 nitrogen and oxygen atoms in total. The van der Waals surface area contributed by atoms with Crippen molar-refractivity contribution in [3.63, 3.8) is 0 Å². The monoisotopic (exact) mass is 357 g/mol. The largest absolute Gasteiger partial charge is 0.363 e. The van der Waals surface area contributed by atoms with E-state index in [1.54, 1.807) is 0 Å². The number of hydrogen-bond donors (Lipinski definition) is 1. The maximum atomic E-state index is 12.7. The standard InChI is InChI=1S/C18H23N5O3/c1-2-14-11-22(12-15-20-18(17(19)25)21-26-15)9-8-16(24)23(14)10-13-6-4-3-5-7-13/h3-7,14H,2,8-12H2,1H3,(H2,19,25)/t14-/m1/s1. The van der Waals surface area contributed by atoms with Crippen molar-refractivity contribution >= 4 is 11.8 Å². The Morgan fingerprint density at radius 3 is 2.73 bits per heavy atom. The molecule has 1 aliphatic heterocycles. The molecule has 0 aliphatic carbocycles. The van der Waals surface area contributed by atoms with Gasteiger partial charge in [0.05, 0.1) is 6.54 Å². The highest BCUT2D eigenvalue weighted by Gasteiger charge is 2.29. The summed E-state index contributed by atoms with van der Waals surface area (Å²) in [6, 6.07) is 10.1. The molecule has 3 rings (SSSR count). The van der Waals surface area contributed by atoms with Crippen LogP contribution in [0.1, 0.15) is 41.8 Å². The van der Waals surface area contributed by atoms with E-state index in [0.717, 1.165) is 12.0 Å². The molecule has 1 saturated heterocycles. The van der Waals surface area contributed by atoms with Crippen molar-refractivity contribution in [2.45, 2.75) is 38.9 Å². The van der Waals surface area contributed by atoms with Crippen LogP contribution < -0.4 is 5.73 Å². The van der Waals surface area contributed by atoms with Crippen molar-refractivity contribution in [3.8, 4) is 0 Å². The van der Waals surface area contributed by atoms with Gasteiger partial charge in [-0.1, -0.05) is 42.4 Å². The van der Waals surface area contributed by atoms with Gasteiger partial charge in [-0.2, -0.15) is 4.98 Å². The fraction of sp³-hybridized carbons (Fsp3) is 0.444. The number of aromatic nitrogens is 2. The number of nitrogens with two attached hydrogens (primary N) is 1. The van der Waals surface area contributed by atoms with E-state index < -0.39 is 5.91 Å². The van der Waals surface area contributed by atoms with Crippen LogP contribution in [0.15, 0.2) is 34.9 Å². The molecular weight excluding hydrogens is 334 g/mol. The maximum absolute atomic E-state index is 12.7. The molecule has 2 heterocycles. The molecule has 2 N–H and O–H groups in total. The van der Waals surface area contributed by atoms with Crippen LogP contribution in [-0.2, 0) is 17.9 Å². The molecule has 1 atom stereocenters. The maximum Gasteiger partial charge on any atom is 0.290 e. The van der Waals surface area contributed by atoms with Crippen molar-refractivity contribution in [2.75, 3.05) is 13.1 Å². The first-order chi connectivity index (χ1) is 12.6. The predicted molar refractivity (Wildman–Crippen MR) is 93.8 cm³/mol. The Labute approximate surface area is 151 Å². The molecule has 8 heteroatoms. The third-order valence-electron chi connectivity index (χ3n) is 4.59. The predicted octanol–water partition coefficient (Wildman–Crippen LogP) is 1.18. The number of amides is 2. The molecular formula is C18H23N5O3. The number of nitrogens with zero attached hydrogens (tertiary/aromatic N) is 4. The Morgan fingerprint density at radius 2 is 2.08 bits per heavy atom. The number of benzene rings is 1. The number of carbonyl (C=O) groups is 2. The van der Waals surface area contributed by atoms with E-state index in [1.165, 1.54) is 0 Å². The molecule has 1 aliphatic rings. The highest BCUT2D eigenvalue weighted by Crippen LogP contribution is 2.19. The molecule has 0 radical (unpaired) electrons. The van der Waals surface area contributed by atoms with Crippen molar-refractivity contribution in [1.82, 2.24) is 19.9 Å². The summed E-state index contributed by atoms with van der Waals surface area (Å²) in [5, 5.41) is 3.56. The van der Waals surface area contributed by atoms with Gasteiger partial charge in [-0.15, -0.1) is 0 Å². The molecule has 26 heavy (non-hydrogen) atoms. The van der Waals surface area contributed by atoms with E-state index in [-0.39, 0.29) is 17.8 Å². The minimum atomic E-state index is -0.716. The zero-order valence-electron chi connectivity index (χ0n) is 14.8. The van der Waals surface area contributed by atoms with Crippen LogP contribution in [0, 0.1) is 0 Å². The molecule has 1 fully saturated rings. The highest BCUT2D eigenvalue weighted by molar-refractivity contribution is 5.88. The van der Waals surface area contributed by atoms with E-state index in [0.29, 0.717) is 38.5 Å². The molecule has 0 spiro atoms. The van der Waals surface area contributed by atoms with Crippen LogP contribution >= 0.6 is 0 Å². The lowest BCUT2D eigenvalue weighted by Gasteiger charge is -2.31. The first-order valence-electron chi connectivity index (χ1n) is 8.75. The quantitative estimate of drug-likeness (QED) is 0.832. The van der Waals surface area contributed by atoms with E-state index in [1.807, 2.05) is 35.2 Å². The Kier molecular flexibility index (Phi) is 5.62. The Hall–Kier alpha value is -2.74. The average Bonchev–Trinajstić information content (AvgIpc) is 3.06. The topological polar surface area (TPSA) is 106 Å². The van der Waals surface area contributed by atoms with Crippen LogP contribution in [0.25, 0.3) is 0 Å². The first kappa shape index (κ1) is 18.1. The average molecular weight is 357 g/mol. The Balaban J connectivity index is 1.70. The van der Waals surface area contributed by atoms with E-state index in [2.05, 4.69) is 22.0 Å². The number of carbonyl (C=O) groups excluding carboxylic acids is 2. The minimum absolute atomic E-state index is 0.101. The van der Waals surface area contributed by atoms with Gasteiger partial charge in [-0.3, -0.25) is 14.5 Å². The van der Waals surface area contributed by atoms with Gasteiger partial charge in [-0.25, -0.2) is 0 Å². The summed E-state index contributed by atoms with van der Waals surface area (Å²) in [5.74, 6) is -0.362. The molecule has 1 aromatic heterocycles. The summed E-state index contributed by atoms with van der Waals surface area (Å²) in [7, 11) is 0. The Bertz CT molecular complexity index is 761. The zero-order chi connectivity index (χ0) is 18.5. The molecule has 2 amide bonds. The molecule has 138 valence electrons. The normalized spacial score (nSPS) is 18.7. The van der Waals surface area contributed by atoms with Crippen molar-refractivity contribution < 1.29 is 14.1 Å². The van der Waals surface area contributed by atoms with Gasteiger partial charge < -0.3 is 15.2 Å². The fourth-order valence-electron chi connectivity index (χ4n) is 3.19. The highest BCUT2D eigenvalue weighted by atomic mass is 16.5. The summed E-state index contributed by atoms with van der Waals surface area (Å²) >= 11 is 0. The second-order valence-corrected chi connectivity index (χ2v) is 6.43. The summed E-state index contributed by atoms with van der Waals surface area (Å²) in [5.41, 5.74) is 6.27. The second-order valence-electron chi connectivity index (χ2n) is 6.43. The van der Waals surface area contributed by atoms with Gasteiger partial charge in [0, 0.05) is 32.1 Å². The smallest absolute Gasteiger partial charge is 0.290 e. The van der Waals surface area contributed by atoms with Crippen LogP contribution in [-0.4, -0.2) is 50.9 Å². The van der Waals surface area contributed by atoms with Crippen LogP contribution in [0.4, 0.5) is 0 Å². The van der Waals surface area contributed by atoms with E-state index >= 15 is 0 Å². The van der Waals surface area contributed by atoms with E-state index in [9.17, 15) is 9.59 Å². The summed E-state index contributed by atoms with van der Waals surface area (Å²) in [4.78, 5) is 31.8. The lowest BCUT2D eigenvalue weighted by Crippen LogP contribution is -2.42. The van der Waals surface area contributed by atoms with Gasteiger partial charge in [0.15, 0.2) is 0 Å². The third-order valence-corrected chi connectivity index (χ3v) is 4.59. The summed E-state index contributed by atoms with van der Waals surface area (Å²) < 4.78 is 5.09. The number of hydrogen-bond acceptors (Lipinski definition) is 6. The molecule has 0 unspecified atom stereocenters. The van der Waals surface area contributed by atoms with Crippen LogP contribution in [0.5, 0.6) is 0 Å². The van der Waals surface area contributed by atoms with Gasteiger partial charge in [0.2, 0.25) is 11.8 Å². The van der Waals surface area contributed by atoms with Crippen LogP contribution in [0.3, 0.4) is 0 Å². The van der Waals surface area contributed by atoms with E-state index in [4.69, 9.17) is 10.3 Å². The fourth-order valence-corrected chi connectivity index (χ4v) is 3.19. The van der Waals surface area contributed by atoms with Gasteiger partial charge >= 0.3 is 0 Å². The second kappa shape index (κ2) is 8.09. The summed E-state index contributed by atoms with van der Waals surface area (Å²) in [6.45, 7) is 4.40. The van der Waals surface area contributed by atoms with Crippen molar-refractivity contribution in [1.29, 1.82) is 0 Å². The van der Waals surface area contributed by atoms with Gasteiger partial charge in [0.25, 0.3) is 11.7 Å². The Morgan fingerprint density at radius 1 is 1.31 bits per heavy atom. The minimum Gasteiger partial charge on any atom is -0.363 e. The molecule has 1 aromatic carbocycles. The van der Waals surface area contributed by atoms with Crippen molar-refractivity contribution in [2.24, 2.45) is 5.73 Å². The van der Waals surface area contributed by atoms with Gasteiger partial charge in [0.1, 0.15) is 0 Å². The first-order valence-corrected chi connectivity index (χ1v) is 8.75. The molecule has 0 saturated carbocycles. The lowest BCUT2D eigenvalue weighted by atomic mass is 10.1. The van der Waals surface area contributed by atoms with Gasteiger partial charge in [-0.05, 0) is 12.0 Å². The number of rotatable bonds is 6. The summed E-state index contributed by atoms with van der Waals surface area (Å²) in [6.07, 6.45) is 1.28. The lowest BCUT2D eigenvalue weighted by molar-refractivity contribution is -0.133. The van der Waals surface area contributed by atoms with Crippen LogP contribution in [0.2, 0.25) is 0 Å².